The highest BCUT2D eigenvalue weighted by Crippen LogP contribution is 2.17. The van der Waals surface area contributed by atoms with E-state index >= 15 is 0 Å². The maximum Gasteiger partial charge on any atom is 0.123 e. The first-order valence-electron chi connectivity index (χ1n) is 8.75. The Labute approximate surface area is 150 Å². The fraction of sp³-hybridized carbons (Fsp3) is 0.364. The Morgan fingerprint density at radius 3 is 1.96 bits per heavy atom. The Morgan fingerprint density at radius 2 is 1.40 bits per heavy atom. The lowest BCUT2D eigenvalue weighted by Gasteiger charge is -2.08. The van der Waals surface area contributed by atoms with Crippen molar-refractivity contribution in [1.82, 2.24) is 0 Å². The number of halogens is 1. The second kappa shape index (κ2) is 10.8. The molecule has 0 saturated carbocycles. The average Bonchev–Trinajstić information content (AvgIpc) is 2.61. The third-order valence-corrected chi connectivity index (χ3v) is 4.02. The summed E-state index contributed by atoms with van der Waals surface area (Å²) in [6.07, 6.45) is 8.00. The van der Waals surface area contributed by atoms with E-state index in [0.29, 0.717) is 0 Å². The zero-order valence-corrected chi connectivity index (χ0v) is 15.1. The Kier molecular flexibility index (Phi) is 8.36. The Bertz CT molecular complexity index is 651. The smallest absolute Gasteiger partial charge is 0.123 e. The van der Waals surface area contributed by atoms with Gasteiger partial charge < -0.3 is 9.47 Å². The molecule has 0 aromatic heterocycles. The second-order valence-electron chi connectivity index (χ2n) is 6.16. The lowest BCUT2D eigenvalue weighted by Crippen LogP contribution is -1.97. The van der Waals surface area contributed by atoms with Crippen molar-refractivity contribution in [1.29, 1.82) is 0 Å². The van der Waals surface area contributed by atoms with Gasteiger partial charge in [-0.15, -0.1) is 0 Å². The number of hydrogen-bond acceptors (Lipinski definition) is 2. The Balaban J connectivity index is 2.15. The molecular weight excluding hydrogens is 315 g/mol. The fourth-order valence-electron chi connectivity index (χ4n) is 2.82. The molecule has 0 amide bonds. The van der Waals surface area contributed by atoms with E-state index < -0.39 is 0 Å². The van der Waals surface area contributed by atoms with Crippen molar-refractivity contribution in [2.24, 2.45) is 0 Å². The zero-order valence-electron chi connectivity index (χ0n) is 15.1. The number of benzene rings is 2. The molecule has 0 atom stereocenters. The van der Waals surface area contributed by atoms with Crippen molar-refractivity contribution in [2.45, 2.75) is 25.7 Å². The molecule has 0 fully saturated rings. The summed E-state index contributed by atoms with van der Waals surface area (Å²) in [5, 5.41) is 0. The van der Waals surface area contributed by atoms with Crippen LogP contribution in [-0.2, 0) is 22.3 Å². The molecule has 0 N–H and O–H groups in total. The van der Waals surface area contributed by atoms with E-state index in [9.17, 15) is 4.39 Å². The van der Waals surface area contributed by atoms with Crippen LogP contribution < -0.4 is 0 Å². The van der Waals surface area contributed by atoms with Crippen LogP contribution in [0.1, 0.15) is 35.1 Å². The summed E-state index contributed by atoms with van der Waals surface area (Å²) >= 11 is 0. The molecule has 0 aliphatic carbocycles. The van der Waals surface area contributed by atoms with Gasteiger partial charge in [0.05, 0.1) is 0 Å². The highest BCUT2D eigenvalue weighted by molar-refractivity contribution is 5.70. The van der Waals surface area contributed by atoms with Crippen LogP contribution >= 0.6 is 0 Å². The molecular formula is C22H27FO2. The van der Waals surface area contributed by atoms with E-state index in [1.54, 1.807) is 26.4 Å². The van der Waals surface area contributed by atoms with E-state index in [-0.39, 0.29) is 5.82 Å². The van der Waals surface area contributed by atoms with E-state index in [1.807, 2.05) is 12.1 Å². The van der Waals surface area contributed by atoms with E-state index in [1.165, 1.54) is 17.2 Å². The zero-order chi connectivity index (χ0) is 17.9. The summed E-state index contributed by atoms with van der Waals surface area (Å²) in [5.41, 5.74) is 4.63. The minimum atomic E-state index is -0.212. The van der Waals surface area contributed by atoms with Crippen molar-refractivity contribution in [3.05, 3.63) is 70.5 Å². The number of aryl methyl sites for hydroxylation is 2. The molecule has 0 aliphatic rings. The summed E-state index contributed by atoms with van der Waals surface area (Å²) < 4.78 is 23.6. The first-order valence-corrected chi connectivity index (χ1v) is 8.75. The molecule has 3 heteroatoms. The van der Waals surface area contributed by atoms with Crippen molar-refractivity contribution in [3.63, 3.8) is 0 Å². The van der Waals surface area contributed by atoms with Gasteiger partial charge in [0.15, 0.2) is 0 Å². The molecule has 2 nitrogen and oxygen atoms in total. The Morgan fingerprint density at radius 1 is 0.800 bits per heavy atom. The number of methoxy groups -OCH3 is 2. The van der Waals surface area contributed by atoms with Crippen molar-refractivity contribution >= 4 is 12.2 Å². The fourth-order valence-corrected chi connectivity index (χ4v) is 2.82. The topological polar surface area (TPSA) is 18.5 Å². The largest absolute Gasteiger partial charge is 0.385 e. The number of hydrogen-bond donors (Lipinski definition) is 0. The molecule has 134 valence electrons. The van der Waals surface area contributed by atoms with Gasteiger partial charge in [-0.2, -0.15) is 0 Å². The highest BCUT2D eigenvalue weighted by atomic mass is 19.1. The van der Waals surface area contributed by atoms with Gasteiger partial charge in [0.2, 0.25) is 0 Å². The summed E-state index contributed by atoms with van der Waals surface area (Å²) in [4.78, 5) is 0. The molecule has 2 aromatic carbocycles. The lowest BCUT2D eigenvalue weighted by atomic mass is 9.99. The summed E-state index contributed by atoms with van der Waals surface area (Å²) in [6, 6.07) is 13.3. The second-order valence-corrected chi connectivity index (χ2v) is 6.16. The van der Waals surface area contributed by atoms with Gasteiger partial charge in [-0.3, -0.25) is 0 Å². The monoisotopic (exact) mass is 342 g/mol. The minimum absolute atomic E-state index is 0.212. The Hall–Kier alpha value is -1.97. The third-order valence-electron chi connectivity index (χ3n) is 4.02. The highest BCUT2D eigenvalue weighted by Gasteiger charge is 2.01. The van der Waals surface area contributed by atoms with Crippen molar-refractivity contribution < 1.29 is 13.9 Å². The van der Waals surface area contributed by atoms with Crippen LogP contribution in [0, 0.1) is 5.82 Å². The number of ether oxygens (including phenoxy) is 2. The van der Waals surface area contributed by atoms with E-state index in [4.69, 9.17) is 9.47 Å². The molecule has 0 saturated heterocycles. The SMILES string of the molecule is COCCCc1cc(C=Cc2cccc(F)c2)cc(CCCOC)c1. The maximum atomic E-state index is 13.3. The van der Waals surface area contributed by atoms with E-state index in [0.717, 1.165) is 50.0 Å². The van der Waals surface area contributed by atoms with Gasteiger partial charge in [-0.05, 0) is 60.1 Å². The molecule has 0 bridgehead atoms. The van der Waals surface area contributed by atoms with Crippen LogP contribution in [0.4, 0.5) is 4.39 Å². The van der Waals surface area contributed by atoms with Crippen molar-refractivity contribution in [3.8, 4) is 0 Å². The lowest BCUT2D eigenvalue weighted by molar-refractivity contribution is 0.195. The molecule has 2 aromatic rings. The van der Waals surface area contributed by atoms with Crippen LogP contribution in [0.15, 0.2) is 42.5 Å². The molecule has 25 heavy (non-hydrogen) atoms. The normalized spacial score (nSPS) is 11.3. The standard InChI is InChI=1S/C22H27FO2/c1-24-12-4-7-19-14-20(8-5-13-25-2)16-21(15-19)11-10-18-6-3-9-22(23)17-18/h3,6,9-11,14-17H,4-5,7-8,12-13H2,1-2H3. The van der Waals surface area contributed by atoms with E-state index in [2.05, 4.69) is 24.3 Å². The molecule has 2 rings (SSSR count). The van der Waals surface area contributed by atoms with Crippen molar-refractivity contribution in [2.75, 3.05) is 27.4 Å². The quantitative estimate of drug-likeness (QED) is 0.439. The van der Waals surface area contributed by atoms with Gasteiger partial charge in [-0.1, -0.05) is 42.5 Å². The van der Waals surface area contributed by atoms with Gasteiger partial charge in [0.1, 0.15) is 5.82 Å². The van der Waals surface area contributed by atoms with Gasteiger partial charge in [0.25, 0.3) is 0 Å². The van der Waals surface area contributed by atoms with Crippen LogP contribution in [-0.4, -0.2) is 27.4 Å². The summed E-state index contributed by atoms with van der Waals surface area (Å²) in [6.45, 7) is 1.53. The predicted octanol–water partition coefficient (Wildman–Crippen LogP) is 5.15. The molecule has 0 spiro atoms. The van der Waals surface area contributed by atoms with Gasteiger partial charge >= 0.3 is 0 Å². The van der Waals surface area contributed by atoms with Crippen LogP contribution in [0.5, 0.6) is 0 Å². The van der Waals surface area contributed by atoms with Crippen LogP contribution in [0.2, 0.25) is 0 Å². The third kappa shape index (κ3) is 7.20. The summed E-state index contributed by atoms with van der Waals surface area (Å²) in [5.74, 6) is -0.212. The molecule has 0 heterocycles. The molecule has 0 unspecified atom stereocenters. The molecule has 0 aliphatic heterocycles. The maximum absolute atomic E-state index is 13.3. The molecule has 0 radical (unpaired) electrons. The minimum Gasteiger partial charge on any atom is -0.385 e. The van der Waals surface area contributed by atoms with Crippen LogP contribution in [0.3, 0.4) is 0 Å². The summed E-state index contributed by atoms with van der Waals surface area (Å²) in [7, 11) is 3.46. The first-order chi connectivity index (χ1) is 12.2. The predicted molar refractivity (Wildman–Crippen MR) is 102 cm³/mol. The van der Waals surface area contributed by atoms with Gasteiger partial charge in [0, 0.05) is 27.4 Å². The average molecular weight is 342 g/mol. The number of rotatable bonds is 10. The van der Waals surface area contributed by atoms with Crippen LogP contribution in [0.25, 0.3) is 12.2 Å². The van der Waals surface area contributed by atoms with Gasteiger partial charge in [-0.25, -0.2) is 4.39 Å². The first kappa shape index (κ1) is 19.4.